The molecule has 0 heterocycles. The van der Waals surface area contributed by atoms with Crippen molar-refractivity contribution >= 4 is 12.0 Å². The molecule has 0 aliphatic heterocycles. The molecule has 0 spiro atoms. The predicted molar refractivity (Wildman–Crippen MR) is 62.3 cm³/mol. The molecular formula is C12H15NO3. The van der Waals surface area contributed by atoms with Crippen LogP contribution in [0, 0.1) is 0 Å². The Hall–Kier alpha value is -1.81. The lowest BCUT2D eigenvalue weighted by atomic mass is 10.1. The fourth-order valence-electron chi connectivity index (χ4n) is 1.17. The van der Waals surface area contributed by atoms with E-state index in [1.165, 1.54) is 0 Å². The van der Waals surface area contributed by atoms with Crippen molar-refractivity contribution in [3.05, 3.63) is 35.9 Å². The fourth-order valence-corrected chi connectivity index (χ4v) is 1.17. The summed E-state index contributed by atoms with van der Waals surface area (Å²) in [6.07, 6.45) is 3.91. The third kappa shape index (κ3) is 3.74. The highest BCUT2D eigenvalue weighted by Gasteiger charge is 2.07. The van der Waals surface area contributed by atoms with Crippen LogP contribution >= 0.6 is 0 Å². The lowest BCUT2D eigenvalue weighted by Gasteiger charge is -2.01. The molecule has 4 nitrogen and oxygen atoms in total. The van der Waals surface area contributed by atoms with Gasteiger partial charge < -0.3 is 15.6 Å². The normalized spacial score (nSPS) is 12.6. The molecule has 86 valence electrons. The zero-order valence-corrected chi connectivity index (χ0v) is 9.09. The molecule has 1 rings (SSSR count). The molecule has 0 fully saturated rings. The summed E-state index contributed by atoms with van der Waals surface area (Å²) in [5.74, 6) is -0.196. The van der Waals surface area contributed by atoms with Gasteiger partial charge in [-0.2, -0.15) is 0 Å². The Morgan fingerprint density at radius 1 is 1.50 bits per heavy atom. The van der Waals surface area contributed by atoms with Gasteiger partial charge in [0.1, 0.15) is 11.8 Å². The van der Waals surface area contributed by atoms with Crippen LogP contribution in [0.1, 0.15) is 12.0 Å². The average molecular weight is 221 g/mol. The van der Waals surface area contributed by atoms with E-state index in [4.69, 9.17) is 15.6 Å². The molecule has 3 N–H and O–H groups in total. The highest BCUT2D eigenvalue weighted by molar-refractivity contribution is 5.73. The van der Waals surface area contributed by atoms with E-state index in [2.05, 4.69) is 0 Å². The molecule has 0 saturated heterocycles. The van der Waals surface area contributed by atoms with Gasteiger partial charge in [-0.25, -0.2) is 0 Å². The van der Waals surface area contributed by atoms with Crippen LogP contribution in [0.2, 0.25) is 0 Å². The van der Waals surface area contributed by atoms with E-state index in [0.717, 1.165) is 11.3 Å². The Balaban J connectivity index is 2.52. The first-order valence-corrected chi connectivity index (χ1v) is 4.92. The van der Waals surface area contributed by atoms with Crippen molar-refractivity contribution in [3.8, 4) is 5.75 Å². The smallest absolute Gasteiger partial charge is 0.320 e. The van der Waals surface area contributed by atoms with E-state index >= 15 is 0 Å². The lowest BCUT2D eigenvalue weighted by Crippen LogP contribution is -2.29. The third-order valence-corrected chi connectivity index (χ3v) is 2.13. The minimum absolute atomic E-state index is 0.321. The number of carboxylic acid groups (broad SMARTS) is 1. The fraction of sp³-hybridized carbons (Fsp3) is 0.250. The predicted octanol–water partition coefficient (Wildman–Crippen LogP) is 1.51. The Morgan fingerprint density at radius 3 is 2.62 bits per heavy atom. The number of carbonyl (C=O) groups is 1. The summed E-state index contributed by atoms with van der Waals surface area (Å²) in [5.41, 5.74) is 6.34. The van der Waals surface area contributed by atoms with E-state index in [9.17, 15) is 4.79 Å². The minimum atomic E-state index is -0.987. The molecule has 16 heavy (non-hydrogen) atoms. The Bertz CT molecular complexity index is 370. The number of hydrogen-bond donors (Lipinski definition) is 2. The zero-order valence-electron chi connectivity index (χ0n) is 9.09. The quantitative estimate of drug-likeness (QED) is 0.790. The largest absolute Gasteiger partial charge is 0.497 e. The SMILES string of the molecule is COc1ccc(/C=C/C[C@H](N)C(=O)O)cc1. The second kappa shape index (κ2) is 5.92. The number of benzene rings is 1. The van der Waals surface area contributed by atoms with Crippen LogP contribution in [0.4, 0.5) is 0 Å². The van der Waals surface area contributed by atoms with E-state index in [0.29, 0.717) is 6.42 Å². The van der Waals surface area contributed by atoms with E-state index in [-0.39, 0.29) is 0 Å². The maximum absolute atomic E-state index is 10.4. The van der Waals surface area contributed by atoms with Gasteiger partial charge in [0, 0.05) is 0 Å². The van der Waals surface area contributed by atoms with Gasteiger partial charge in [0.25, 0.3) is 0 Å². The molecule has 4 heteroatoms. The number of carboxylic acids is 1. The summed E-state index contributed by atoms with van der Waals surface area (Å²) in [7, 11) is 1.61. The summed E-state index contributed by atoms with van der Waals surface area (Å²) in [4.78, 5) is 10.4. The van der Waals surface area contributed by atoms with Gasteiger partial charge in [-0.1, -0.05) is 24.3 Å². The van der Waals surface area contributed by atoms with E-state index in [1.807, 2.05) is 30.3 Å². The van der Waals surface area contributed by atoms with E-state index in [1.54, 1.807) is 13.2 Å². The topological polar surface area (TPSA) is 72.5 Å². The molecule has 0 aromatic heterocycles. The second-order valence-electron chi connectivity index (χ2n) is 3.36. The first-order valence-electron chi connectivity index (χ1n) is 4.92. The van der Waals surface area contributed by atoms with Gasteiger partial charge in [-0.15, -0.1) is 0 Å². The van der Waals surface area contributed by atoms with Gasteiger partial charge in [0.15, 0.2) is 0 Å². The van der Waals surface area contributed by atoms with Gasteiger partial charge >= 0.3 is 5.97 Å². The summed E-state index contributed by atoms with van der Waals surface area (Å²) in [6, 6.07) is 6.63. The van der Waals surface area contributed by atoms with Crippen molar-refractivity contribution in [1.82, 2.24) is 0 Å². The van der Waals surface area contributed by atoms with Crippen LogP contribution in [-0.2, 0) is 4.79 Å². The molecule has 1 aromatic rings. The van der Waals surface area contributed by atoms with Crippen LogP contribution in [-0.4, -0.2) is 24.2 Å². The molecule has 0 saturated carbocycles. The zero-order chi connectivity index (χ0) is 12.0. The van der Waals surface area contributed by atoms with Crippen LogP contribution in [0.3, 0.4) is 0 Å². The van der Waals surface area contributed by atoms with Crippen molar-refractivity contribution in [2.75, 3.05) is 7.11 Å². The van der Waals surface area contributed by atoms with Gasteiger partial charge in [-0.3, -0.25) is 4.79 Å². The highest BCUT2D eigenvalue weighted by atomic mass is 16.5. The molecule has 0 aliphatic rings. The first-order chi connectivity index (χ1) is 7.63. The van der Waals surface area contributed by atoms with Gasteiger partial charge in [0.05, 0.1) is 7.11 Å². The summed E-state index contributed by atoms with van der Waals surface area (Å²) >= 11 is 0. The lowest BCUT2D eigenvalue weighted by molar-refractivity contribution is -0.138. The Morgan fingerprint density at radius 2 is 2.12 bits per heavy atom. The van der Waals surface area contributed by atoms with Crippen molar-refractivity contribution in [2.24, 2.45) is 5.73 Å². The molecule has 0 unspecified atom stereocenters. The van der Waals surface area contributed by atoms with E-state index < -0.39 is 12.0 Å². The summed E-state index contributed by atoms with van der Waals surface area (Å²) in [5, 5.41) is 8.57. The first kappa shape index (κ1) is 12.3. The van der Waals surface area contributed by atoms with Crippen LogP contribution < -0.4 is 10.5 Å². The average Bonchev–Trinajstić information content (AvgIpc) is 2.29. The Kier molecular flexibility index (Phi) is 4.54. The van der Waals surface area contributed by atoms with Gasteiger partial charge in [0.2, 0.25) is 0 Å². The van der Waals surface area contributed by atoms with Gasteiger partial charge in [-0.05, 0) is 24.1 Å². The molecular weight excluding hydrogens is 206 g/mol. The summed E-state index contributed by atoms with van der Waals surface area (Å²) < 4.78 is 5.02. The molecule has 0 radical (unpaired) electrons. The number of hydrogen-bond acceptors (Lipinski definition) is 3. The minimum Gasteiger partial charge on any atom is -0.497 e. The van der Waals surface area contributed by atoms with Crippen molar-refractivity contribution in [2.45, 2.75) is 12.5 Å². The third-order valence-electron chi connectivity index (χ3n) is 2.13. The van der Waals surface area contributed by atoms with Crippen LogP contribution in [0.25, 0.3) is 6.08 Å². The monoisotopic (exact) mass is 221 g/mol. The van der Waals surface area contributed by atoms with Crippen molar-refractivity contribution in [1.29, 1.82) is 0 Å². The summed E-state index contributed by atoms with van der Waals surface area (Å²) in [6.45, 7) is 0. The van der Waals surface area contributed by atoms with Crippen molar-refractivity contribution < 1.29 is 14.6 Å². The number of methoxy groups -OCH3 is 1. The number of rotatable bonds is 5. The maximum Gasteiger partial charge on any atom is 0.320 e. The number of nitrogens with two attached hydrogens (primary N) is 1. The van der Waals surface area contributed by atoms with Crippen LogP contribution in [0.5, 0.6) is 5.75 Å². The number of aliphatic carboxylic acids is 1. The standard InChI is InChI=1S/C12H15NO3/c1-16-10-7-5-9(6-8-10)3-2-4-11(13)12(14)15/h2-3,5-8,11H,4,13H2,1H3,(H,14,15)/b3-2+/t11-/m0/s1. The molecule has 0 aliphatic carbocycles. The number of ether oxygens (including phenoxy) is 1. The maximum atomic E-state index is 10.4. The van der Waals surface area contributed by atoms with Crippen molar-refractivity contribution in [3.63, 3.8) is 0 Å². The molecule has 1 atom stereocenters. The Labute approximate surface area is 94.3 Å². The molecule has 1 aromatic carbocycles. The molecule has 0 amide bonds. The van der Waals surface area contributed by atoms with Crippen LogP contribution in [0.15, 0.2) is 30.3 Å². The molecule has 0 bridgehead atoms. The second-order valence-corrected chi connectivity index (χ2v) is 3.36. The highest BCUT2D eigenvalue weighted by Crippen LogP contribution is 2.12.